The van der Waals surface area contributed by atoms with E-state index in [0.29, 0.717) is 22.3 Å². The first-order valence-electron chi connectivity index (χ1n) is 10.2. The molecule has 0 aliphatic carbocycles. The van der Waals surface area contributed by atoms with Crippen molar-refractivity contribution >= 4 is 45.2 Å². The molecule has 160 valence electrons. The molecular formula is C25H17N5O3. The van der Waals surface area contributed by atoms with E-state index in [4.69, 9.17) is 0 Å². The zero-order chi connectivity index (χ0) is 22.8. The summed E-state index contributed by atoms with van der Waals surface area (Å²) >= 11 is 0. The molecule has 5 aromatic rings. The minimum Gasteiger partial charge on any atom is -0.322 e. The Morgan fingerprint density at radius 1 is 0.909 bits per heavy atom. The minimum atomic E-state index is -0.474. The Morgan fingerprint density at radius 3 is 2.58 bits per heavy atom. The number of nitro benzene ring substituents is 1. The smallest absolute Gasteiger partial charge is 0.270 e. The number of rotatable bonds is 5. The highest BCUT2D eigenvalue weighted by Gasteiger charge is 2.09. The van der Waals surface area contributed by atoms with Crippen molar-refractivity contribution in [2.24, 2.45) is 0 Å². The van der Waals surface area contributed by atoms with Crippen LogP contribution >= 0.6 is 0 Å². The molecule has 0 spiro atoms. The van der Waals surface area contributed by atoms with Gasteiger partial charge < -0.3 is 5.32 Å². The first kappa shape index (κ1) is 20.1. The third kappa shape index (κ3) is 4.17. The first-order valence-corrected chi connectivity index (χ1v) is 10.2. The number of carbonyl (C=O) groups excluding carboxylic acids is 1. The molecule has 0 saturated carbocycles. The topological polar surface area (TPSA) is 103 Å². The fraction of sp³-hybridized carbons (Fsp3) is 0. The molecule has 0 unspecified atom stereocenters. The summed E-state index contributed by atoms with van der Waals surface area (Å²) in [7, 11) is 0. The highest BCUT2D eigenvalue weighted by Crippen LogP contribution is 2.23. The fourth-order valence-electron chi connectivity index (χ4n) is 3.58. The molecule has 1 amide bonds. The summed E-state index contributed by atoms with van der Waals surface area (Å²) in [6.07, 6.45) is 2.86. The van der Waals surface area contributed by atoms with Crippen LogP contribution < -0.4 is 5.32 Å². The van der Waals surface area contributed by atoms with Crippen LogP contribution in [0.2, 0.25) is 0 Å². The lowest BCUT2D eigenvalue weighted by molar-refractivity contribution is -0.384. The number of aromatic nitrogens is 3. The number of nitrogens with zero attached hydrogens (tertiary/aromatic N) is 4. The maximum atomic E-state index is 12.3. The highest BCUT2D eigenvalue weighted by molar-refractivity contribution is 6.02. The van der Waals surface area contributed by atoms with Gasteiger partial charge in [0.25, 0.3) is 5.69 Å². The van der Waals surface area contributed by atoms with Gasteiger partial charge in [-0.15, -0.1) is 15.0 Å². The lowest BCUT2D eigenvalue weighted by atomic mass is 10.1. The Labute approximate surface area is 187 Å². The minimum absolute atomic E-state index is 0.0303. The zero-order valence-corrected chi connectivity index (χ0v) is 17.3. The van der Waals surface area contributed by atoms with Crippen molar-refractivity contribution in [2.45, 2.75) is 0 Å². The molecule has 4 aromatic carbocycles. The van der Waals surface area contributed by atoms with E-state index in [1.54, 1.807) is 35.1 Å². The molecule has 1 N–H and O–H groups in total. The summed E-state index contributed by atoms with van der Waals surface area (Å²) in [5.74, 6) is -0.359. The molecule has 8 nitrogen and oxygen atoms in total. The molecule has 1 aromatic heterocycles. The Bertz CT molecular complexity index is 1550. The second-order valence-corrected chi connectivity index (χ2v) is 7.37. The largest absolute Gasteiger partial charge is 0.322 e. The molecule has 0 fully saturated rings. The van der Waals surface area contributed by atoms with Gasteiger partial charge in [0.15, 0.2) is 0 Å². The summed E-state index contributed by atoms with van der Waals surface area (Å²) in [6.45, 7) is 0. The first-order chi connectivity index (χ1) is 16.1. The predicted octanol–water partition coefficient (Wildman–Crippen LogP) is 5.13. The van der Waals surface area contributed by atoms with Gasteiger partial charge in [-0.1, -0.05) is 48.5 Å². The van der Waals surface area contributed by atoms with Gasteiger partial charge in [0.05, 0.1) is 10.6 Å². The molecule has 33 heavy (non-hydrogen) atoms. The molecular weight excluding hydrogens is 418 g/mol. The maximum Gasteiger partial charge on any atom is 0.270 e. The number of nitro groups is 1. The van der Waals surface area contributed by atoms with Crippen molar-refractivity contribution in [1.82, 2.24) is 15.0 Å². The average molecular weight is 435 g/mol. The molecule has 0 radical (unpaired) electrons. The molecule has 1 heterocycles. The van der Waals surface area contributed by atoms with Crippen LogP contribution in [0.3, 0.4) is 0 Å². The normalized spacial score (nSPS) is 11.3. The van der Waals surface area contributed by atoms with Crippen LogP contribution in [-0.2, 0) is 4.79 Å². The molecule has 0 aliphatic heterocycles. The third-order valence-electron chi connectivity index (χ3n) is 5.14. The number of benzene rings is 4. The highest BCUT2D eigenvalue weighted by atomic mass is 16.6. The van der Waals surface area contributed by atoms with Gasteiger partial charge in [0.1, 0.15) is 11.0 Å². The molecule has 0 aliphatic rings. The fourth-order valence-corrected chi connectivity index (χ4v) is 3.58. The number of carbonyl (C=O) groups is 1. The predicted molar refractivity (Wildman–Crippen MR) is 127 cm³/mol. The van der Waals surface area contributed by atoms with Crippen molar-refractivity contribution in [1.29, 1.82) is 0 Å². The summed E-state index contributed by atoms with van der Waals surface area (Å²) in [4.78, 5) is 24.4. The van der Waals surface area contributed by atoms with Crippen LogP contribution in [0, 0.1) is 10.1 Å². The van der Waals surface area contributed by atoms with E-state index in [2.05, 4.69) is 15.5 Å². The number of amides is 1. The molecule has 0 atom stereocenters. The average Bonchev–Trinajstić information content (AvgIpc) is 3.26. The summed E-state index contributed by atoms with van der Waals surface area (Å²) in [6, 6.07) is 25.4. The molecule has 0 saturated heterocycles. The van der Waals surface area contributed by atoms with Crippen molar-refractivity contribution < 1.29 is 9.72 Å². The number of anilines is 1. The van der Waals surface area contributed by atoms with E-state index in [0.717, 1.165) is 16.5 Å². The lowest BCUT2D eigenvalue weighted by Crippen LogP contribution is -2.07. The van der Waals surface area contributed by atoms with Crippen LogP contribution in [0.4, 0.5) is 11.4 Å². The van der Waals surface area contributed by atoms with E-state index < -0.39 is 4.92 Å². The van der Waals surface area contributed by atoms with E-state index >= 15 is 0 Å². The molecule has 8 heteroatoms. The Morgan fingerprint density at radius 2 is 1.70 bits per heavy atom. The van der Waals surface area contributed by atoms with Gasteiger partial charge in [-0.2, -0.15) is 0 Å². The van der Waals surface area contributed by atoms with E-state index in [1.807, 2.05) is 42.5 Å². The van der Waals surface area contributed by atoms with Crippen LogP contribution in [0.25, 0.3) is 33.6 Å². The van der Waals surface area contributed by atoms with E-state index in [-0.39, 0.29) is 11.6 Å². The number of nitrogens with one attached hydrogen (secondary N) is 1. The standard InChI is InChI=1S/C25H17N5O3/c31-25(14-11-17-5-3-8-20(15-17)30(32)33)26-19-12-13-22-23(16-19)28-29(27-22)24-10-4-7-18-6-1-2-9-21(18)24/h1-16H,(H,26,31)/b14-11+. The number of non-ortho nitro benzene ring substituents is 1. The van der Waals surface area contributed by atoms with Crippen LogP contribution in [-0.4, -0.2) is 25.8 Å². The van der Waals surface area contributed by atoms with Gasteiger partial charge in [-0.25, -0.2) is 0 Å². The number of fused-ring (bicyclic) bond motifs is 2. The molecule has 0 bridgehead atoms. The lowest BCUT2D eigenvalue weighted by Gasteiger charge is -2.04. The van der Waals surface area contributed by atoms with Crippen LogP contribution in [0.5, 0.6) is 0 Å². The third-order valence-corrected chi connectivity index (χ3v) is 5.14. The summed E-state index contributed by atoms with van der Waals surface area (Å²) < 4.78 is 0. The van der Waals surface area contributed by atoms with Crippen molar-refractivity contribution in [3.05, 3.63) is 107 Å². The van der Waals surface area contributed by atoms with E-state index in [1.165, 1.54) is 24.3 Å². The summed E-state index contributed by atoms with van der Waals surface area (Å²) in [5.41, 5.74) is 3.32. The zero-order valence-electron chi connectivity index (χ0n) is 17.3. The Hall–Kier alpha value is -4.85. The van der Waals surface area contributed by atoms with Gasteiger partial charge in [-0.3, -0.25) is 14.9 Å². The summed E-state index contributed by atoms with van der Waals surface area (Å²) in [5, 5.41) is 25.0. The quantitative estimate of drug-likeness (QED) is 0.234. The van der Waals surface area contributed by atoms with Crippen molar-refractivity contribution in [3.63, 3.8) is 0 Å². The van der Waals surface area contributed by atoms with Crippen molar-refractivity contribution in [3.8, 4) is 5.69 Å². The van der Waals surface area contributed by atoms with Gasteiger partial charge >= 0.3 is 0 Å². The number of hydrogen-bond acceptors (Lipinski definition) is 5. The molecule has 5 rings (SSSR count). The van der Waals surface area contributed by atoms with Gasteiger partial charge in [0.2, 0.25) is 5.91 Å². The Balaban J connectivity index is 1.37. The van der Waals surface area contributed by atoms with Gasteiger partial charge in [-0.05, 0) is 41.3 Å². The second-order valence-electron chi connectivity index (χ2n) is 7.37. The van der Waals surface area contributed by atoms with Crippen LogP contribution in [0.1, 0.15) is 5.56 Å². The SMILES string of the molecule is O=C(/C=C/c1cccc([N+](=O)[O-])c1)Nc1ccc2nn(-c3cccc4ccccc34)nc2c1. The monoisotopic (exact) mass is 435 g/mol. The maximum absolute atomic E-state index is 12.3. The second kappa shape index (κ2) is 8.35. The van der Waals surface area contributed by atoms with Crippen molar-refractivity contribution in [2.75, 3.05) is 5.32 Å². The number of hydrogen-bond donors (Lipinski definition) is 1. The van der Waals surface area contributed by atoms with E-state index in [9.17, 15) is 14.9 Å². The Kier molecular flexibility index (Phi) is 5.08. The van der Waals surface area contributed by atoms with Gasteiger partial charge in [0, 0.05) is 29.3 Å². The van der Waals surface area contributed by atoms with Crippen LogP contribution in [0.15, 0.2) is 91.0 Å².